The second-order valence-corrected chi connectivity index (χ2v) is 6.57. The van der Waals surface area contributed by atoms with E-state index in [2.05, 4.69) is 21.3 Å². The van der Waals surface area contributed by atoms with Crippen LogP contribution in [0.25, 0.3) is 0 Å². The second kappa shape index (κ2) is 13.4. The number of hydrogen-bond acceptors (Lipinski definition) is 5. The maximum Gasteiger partial charge on any atom is 0.326 e. The highest BCUT2D eigenvalue weighted by Crippen LogP contribution is 2.05. The Morgan fingerprint density at radius 1 is 0.774 bits per heavy atom. The summed E-state index contributed by atoms with van der Waals surface area (Å²) in [6, 6.07) is 4.66. The van der Waals surface area contributed by atoms with Crippen LogP contribution in [0.3, 0.4) is 0 Å². The molecule has 2 atom stereocenters. The first-order valence-electron chi connectivity index (χ1n) is 9.53. The maximum absolute atomic E-state index is 11.9. The van der Waals surface area contributed by atoms with E-state index < -0.39 is 48.5 Å². The minimum absolute atomic E-state index is 0.0532. The van der Waals surface area contributed by atoms with Gasteiger partial charge in [-0.25, -0.2) is 19.2 Å². The Labute approximate surface area is 178 Å². The molecule has 1 aromatic rings. The Hall–Kier alpha value is -3.83. The summed E-state index contributed by atoms with van der Waals surface area (Å²) in [7, 11) is 0. The van der Waals surface area contributed by atoms with Crippen LogP contribution < -0.4 is 21.3 Å². The molecule has 0 aromatic heterocycles. The van der Waals surface area contributed by atoms with Crippen molar-refractivity contribution in [3.63, 3.8) is 0 Å². The van der Waals surface area contributed by atoms with E-state index in [1.54, 1.807) is 24.3 Å². The number of anilines is 1. The van der Waals surface area contributed by atoms with Crippen molar-refractivity contribution >= 4 is 35.7 Å². The van der Waals surface area contributed by atoms with E-state index in [0.717, 1.165) is 0 Å². The average Bonchev–Trinajstić information content (AvgIpc) is 2.70. The standard InChI is InChI=1S/C19H26N4O8/c24-15(25)10-9-14(17(28)29)23-19(31)22-13(16(26)27)8-4-5-11-20-18(30)21-12-6-2-1-3-7-12/h1-3,6-7,13-14H,4-5,8-11H2,(H,24,25)(H,26,27)(H,28,29)(H2,20,21,30)(H2,22,23,31)/t13-,14-/m0/s1. The molecule has 0 heterocycles. The number of urea groups is 2. The van der Waals surface area contributed by atoms with Gasteiger partial charge in [-0.15, -0.1) is 0 Å². The number of benzene rings is 1. The number of aliphatic carboxylic acids is 3. The van der Waals surface area contributed by atoms with Crippen LogP contribution in [0.1, 0.15) is 32.1 Å². The topological polar surface area (TPSA) is 194 Å². The smallest absolute Gasteiger partial charge is 0.326 e. The minimum atomic E-state index is -1.46. The highest BCUT2D eigenvalue weighted by molar-refractivity contribution is 5.89. The first-order chi connectivity index (χ1) is 14.7. The van der Waals surface area contributed by atoms with Crippen LogP contribution in [-0.2, 0) is 14.4 Å². The molecule has 0 bridgehead atoms. The van der Waals surface area contributed by atoms with Crippen molar-refractivity contribution < 1.29 is 39.3 Å². The molecule has 0 aliphatic carbocycles. The molecule has 0 radical (unpaired) electrons. The molecular weight excluding hydrogens is 412 g/mol. The van der Waals surface area contributed by atoms with Crippen LogP contribution in [0.15, 0.2) is 30.3 Å². The van der Waals surface area contributed by atoms with Gasteiger partial charge in [0.15, 0.2) is 0 Å². The third-order valence-electron chi connectivity index (χ3n) is 4.09. The first kappa shape index (κ1) is 25.2. The fourth-order valence-electron chi connectivity index (χ4n) is 2.51. The van der Waals surface area contributed by atoms with Gasteiger partial charge in [0, 0.05) is 18.7 Å². The second-order valence-electron chi connectivity index (χ2n) is 6.57. The molecule has 0 saturated carbocycles. The van der Waals surface area contributed by atoms with Gasteiger partial charge in [-0.3, -0.25) is 4.79 Å². The number of hydrogen-bond donors (Lipinski definition) is 7. The van der Waals surface area contributed by atoms with E-state index in [1.165, 1.54) is 0 Å². The zero-order valence-electron chi connectivity index (χ0n) is 16.7. The highest BCUT2D eigenvalue weighted by atomic mass is 16.4. The monoisotopic (exact) mass is 438 g/mol. The largest absolute Gasteiger partial charge is 0.481 e. The van der Waals surface area contributed by atoms with Crippen molar-refractivity contribution in [1.29, 1.82) is 0 Å². The predicted molar refractivity (Wildman–Crippen MR) is 109 cm³/mol. The Kier molecular flexibility index (Phi) is 10.9. The zero-order valence-corrected chi connectivity index (χ0v) is 16.7. The van der Waals surface area contributed by atoms with Crippen LogP contribution >= 0.6 is 0 Å². The van der Waals surface area contributed by atoms with E-state index in [1.807, 2.05) is 6.07 Å². The van der Waals surface area contributed by atoms with Gasteiger partial charge < -0.3 is 36.6 Å². The molecule has 31 heavy (non-hydrogen) atoms. The van der Waals surface area contributed by atoms with Crippen LogP contribution in [0.2, 0.25) is 0 Å². The van der Waals surface area contributed by atoms with Crippen LogP contribution in [0.5, 0.6) is 0 Å². The number of carbonyl (C=O) groups excluding carboxylic acids is 2. The third kappa shape index (κ3) is 11.1. The summed E-state index contributed by atoms with van der Waals surface area (Å²) < 4.78 is 0. The van der Waals surface area contributed by atoms with Gasteiger partial charge in [0.05, 0.1) is 0 Å². The molecule has 4 amide bonds. The lowest BCUT2D eigenvalue weighted by Crippen LogP contribution is -2.51. The van der Waals surface area contributed by atoms with Crippen molar-refractivity contribution in [2.75, 3.05) is 11.9 Å². The zero-order chi connectivity index (χ0) is 23.2. The summed E-state index contributed by atoms with van der Waals surface area (Å²) in [4.78, 5) is 56.6. The summed E-state index contributed by atoms with van der Waals surface area (Å²) in [5, 5.41) is 36.4. The molecule has 0 spiro atoms. The van der Waals surface area contributed by atoms with Gasteiger partial charge in [0.2, 0.25) is 0 Å². The Morgan fingerprint density at radius 2 is 1.35 bits per heavy atom. The Morgan fingerprint density at radius 3 is 1.90 bits per heavy atom. The van der Waals surface area contributed by atoms with Crippen molar-refractivity contribution in [2.24, 2.45) is 0 Å². The number of nitrogens with one attached hydrogen (secondary N) is 4. The Bertz CT molecular complexity index is 771. The van der Waals surface area contributed by atoms with E-state index >= 15 is 0 Å². The van der Waals surface area contributed by atoms with Crippen LogP contribution in [0, 0.1) is 0 Å². The number of carboxylic acid groups (broad SMARTS) is 3. The lowest BCUT2D eigenvalue weighted by atomic mass is 10.1. The molecule has 7 N–H and O–H groups in total. The van der Waals surface area contributed by atoms with E-state index in [-0.39, 0.29) is 19.4 Å². The molecule has 0 fully saturated rings. The van der Waals surface area contributed by atoms with Gasteiger partial charge in [-0.1, -0.05) is 18.2 Å². The summed E-state index contributed by atoms with van der Waals surface area (Å²) >= 11 is 0. The maximum atomic E-state index is 11.9. The van der Waals surface area contributed by atoms with Crippen molar-refractivity contribution in [1.82, 2.24) is 16.0 Å². The van der Waals surface area contributed by atoms with Gasteiger partial charge in [0.1, 0.15) is 12.1 Å². The lowest BCUT2D eigenvalue weighted by molar-refractivity contribution is -0.140. The van der Waals surface area contributed by atoms with E-state index in [4.69, 9.17) is 10.2 Å². The molecule has 0 saturated heterocycles. The molecule has 0 aliphatic heterocycles. The minimum Gasteiger partial charge on any atom is -0.481 e. The summed E-state index contributed by atoms with van der Waals surface area (Å²) in [6.45, 7) is 0.285. The van der Waals surface area contributed by atoms with Crippen LogP contribution in [0.4, 0.5) is 15.3 Å². The molecule has 0 unspecified atom stereocenters. The van der Waals surface area contributed by atoms with E-state index in [0.29, 0.717) is 18.5 Å². The molecule has 12 heteroatoms. The van der Waals surface area contributed by atoms with E-state index in [9.17, 15) is 29.1 Å². The number of amides is 4. The molecule has 1 rings (SSSR count). The van der Waals surface area contributed by atoms with Gasteiger partial charge in [0.25, 0.3) is 0 Å². The van der Waals surface area contributed by atoms with Crippen molar-refractivity contribution in [3.05, 3.63) is 30.3 Å². The predicted octanol–water partition coefficient (Wildman–Crippen LogP) is 1.05. The fourth-order valence-corrected chi connectivity index (χ4v) is 2.51. The SMILES string of the molecule is O=C(O)CC[C@H](NC(=O)N[C@@H](CCCCNC(=O)Nc1ccccc1)C(=O)O)C(=O)O. The number of unbranched alkanes of at least 4 members (excludes halogenated alkanes) is 1. The quantitative estimate of drug-likeness (QED) is 0.222. The molecular formula is C19H26N4O8. The molecule has 1 aromatic carbocycles. The highest BCUT2D eigenvalue weighted by Gasteiger charge is 2.24. The lowest BCUT2D eigenvalue weighted by Gasteiger charge is -2.18. The Balaban J connectivity index is 2.35. The van der Waals surface area contributed by atoms with Crippen molar-refractivity contribution in [2.45, 2.75) is 44.2 Å². The molecule has 12 nitrogen and oxygen atoms in total. The normalized spacial score (nSPS) is 12.1. The van der Waals surface area contributed by atoms with Gasteiger partial charge in [-0.05, 0) is 37.8 Å². The fraction of sp³-hybridized carbons (Fsp3) is 0.421. The summed E-state index contributed by atoms with van der Waals surface area (Å²) in [6.07, 6.45) is 0.0600. The third-order valence-corrected chi connectivity index (χ3v) is 4.09. The van der Waals surface area contributed by atoms with Gasteiger partial charge >= 0.3 is 30.0 Å². The first-order valence-corrected chi connectivity index (χ1v) is 9.53. The van der Waals surface area contributed by atoms with Crippen molar-refractivity contribution in [3.8, 4) is 0 Å². The number of para-hydroxylation sites is 1. The molecule has 0 aliphatic rings. The average molecular weight is 438 g/mol. The van der Waals surface area contributed by atoms with Gasteiger partial charge in [-0.2, -0.15) is 0 Å². The summed E-state index contributed by atoms with van der Waals surface area (Å²) in [5.41, 5.74) is 0.629. The number of carbonyl (C=O) groups is 5. The summed E-state index contributed by atoms with van der Waals surface area (Å²) in [5.74, 6) is -3.95. The van der Waals surface area contributed by atoms with Crippen LogP contribution in [-0.4, -0.2) is 63.9 Å². The number of carboxylic acids is 3. The number of rotatable bonds is 13. The molecule has 170 valence electrons.